The molecule has 1 aliphatic rings. The summed E-state index contributed by atoms with van der Waals surface area (Å²) in [6.45, 7) is 2.59. The lowest BCUT2D eigenvalue weighted by molar-refractivity contribution is 0.409. The van der Waals surface area contributed by atoms with E-state index in [0.717, 1.165) is 11.3 Å². The van der Waals surface area contributed by atoms with Crippen LogP contribution < -0.4 is 15.8 Å². The van der Waals surface area contributed by atoms with Crippen LogP contribution in [0.5, 0.6) is 5.75 Å². The lowest BCUT2D eigenvalue weighted by Crippen LogP contribution is -2.33. The highest BCUT2D eigenvalue weighted by Gasteiger charge is 2.21. The Morgan fingerprint density at radius 1 is 1.50 bits per heavy atom. The Labute approximate surface area is 125 Å². The summed E-state index contributed by atoms with van der Waals surface area (Å²) in [5.74, 6) is 1.39. The molecule has 3 N–H and O–H groups in total. The fraction of sp³-hybridized carbons (Fsp3) is 0.462. The summed E-state index contributed by atoms with van der Waals surface area (Å²) in [5, 5.41) is 3.16. The number of aliphatic imine (C=N–C) groups is 1. The molecule has 0 bridgehead atoms. The predicted octanol–water partition coefficient (Wildman–Crippen LogP) is 2.19. The second kappa shape index (κ2) is 6.82. The van der Waals surface area contributed by atoms with Gasteiger partial charge in [0.05, 0.1) is 13.7 Å². The summed E-state index contributed by atoms with van der Waals surface area (Å²) in [6, 6.07) is 6.63. The van der Waals surface area contributed by atoms with E-state index in [9.17, 15) is 0 Å². The minimum atomic E-state index is 0. The van der Waals surface area contributed by atoms with E-state index in [2.05, 4.69) is 16.4 Å². The Morgan fingerprint density at radius 2 is 2.22 bits per heavy atom. The summed E-state index contributed by atoms with van der Waals surface area (Å²) < 4.78 is 5.32. The molecule has 5 heteroatoms. The standard InChI is InChI=1S/C13H19N3O.HI/c1-9-3-4-10(12(7-9)17-2)8-15-13(14)16-11-5-6-11;/h3-4,7,11H,5-6,8H2,1-2H3,(H3,14,15,16);1H. The van der Waals surface area contributed by atoms with Crippen molar-refractivity contribution in [2.45, 2.75) is 32.4 Å². The molecule has 100 valence electrons. The molecule has 0 radical (unpaired) electrons. The van der Waals surface area contributed by atoms with Crippen molar-refractivity contribution in [2.24, 2.45) is 10.7 Å². The fourth-order valence-corrected chi connectivity index (χ4v) is 1.64. The molecule has 1 saturated carbocycles. The first-order chi connectivity index (χ1) is 8.19. The van der Waals surface area contributed by atoms with Gasteiger partial charge < -0.3 is 15.8 Å². The van der Waals surface area contributed by atoms with E-state index >= 15 is 0 Å². The molecule has 0 amide bonds. The number of benzene rings is 1. The summed E-state index contributed by atoms with van der Waals surface area (Å²) in [6.07, 6.45) is 2.40. The third kappa shape index (κ3) is 4.36. The first kappa shape index (κ1) is 15.1. The number of halogens is 1. The van der Waals surface area contributed by atoms with Crippen LogP contribution in [0.2, 0.25) is 0 Å². The van der Waals surface area contributed by atoms with Gasteiger partial charge >= 0.3 is 0 Å². The highest BCUT2D eigenvalue weighted by molar-refractivity contribution is 14.0. The first-order valence-corrected chi connectivity index (χ1v) is 5.89. The van der Waals surface area contributed by atoms with Crippen molar-refractivity contribution >= 4 is 29.9 Å². The monoisotopic (exact) mass is 361 g/mol. The van der Waals surface area contributed by atoms with Crippen LogP contribution >= 0.6 is 24.0 Å². The van der Waals surface area contributed by atoms with Gasteiger partial charge in [-0.3, -0.25) is 0 Å². The molecule has 1 fully saturated rings. The molecule has 0 saturated heterocycles. The SMILES string of the molecule is COc1cc(C)ccc1CN=C(N)NC1CC1.I. The van der Waals surface area contributed by atoms with Crippen molar-refractivity contribution in [2.75, 3.05) is 7.11 Å². The summed E-state index contributed by atoms with van der Waals surface area (Å²) in [5.41, 5.74) is 8.02. The highest BCUT2D eigenvalue weighted by Crippen LogP contribution is 2.21. The van der Waals surface area contributed by atoms with Crippen LogP contribution in [0.1, 0.15) is 24.0 Å². The molecule has 0 aromatic heterocycles. The smallest absolute Gasteiger partial charge is 0.189 e. The van der Waals surface area contributed by atoms with Crippen LogP contribution in [0.15, 0.2) is 23.2 Å². The van der Waals surface area contributed by atoms with Crippen LogP contribution in [0, 0.1) is 6.92 Å². The van der Waals surface area contributed by atoms with E-state index in [1.807, 2.05) is 19.1 Å². The Balaban J connectivity index is 0.00000162. The molecule has 0 atom stereocenters. The number of hydrogen-bond acceptors (Lipinski definition) is 2. The number of nitrogens with zero attached hydrogens (tertiary/aromatic N) is 1. The Hall–Kier alpha value is -0.980. The van der Waals surface area contributed by atoms with E-state index in [1.165, 1.54) is 18.4 Å². The zero-order chi connectivity index (χ0) is 12.3. The van der Waals surface area contributed by atoms with Crippen LogP contribution in [-0.2, 0) is 6.54 Å². The summed E-state index contributed by atoms with van der Waals surface area (Å²) >= 11 is 0. The molecule has 2 rings (SSSR count). The van der Waals surface area contributed by atoms with E-state index in [-0.39, 0.29) is 24.0 Å². The lowest BCUT2D eigenvalue weighted by Gasteiger charge is -2.08. The predicted molar refractivity (Wildman–Crippen MR) is 84.6 cm³/mol. The van der Waals surface area contributed by atoms with Crippen LogP contribution in [0.25, 0.3) is 0 Å². The van der Waals surface area contributed by atoms with Gasteiger partial charge in [-0.2, -0.15) is 0 Å². The first-order valence-electron chi connectivity index (χ1n) is 5.89. The third-order valence-electron chi connectivity index (χ3n) is 2.79. The maximum atomic E-state index is 5.78. The molecule has 1 aromatic rings. The van der Waals surface area contributed by atoms with Gasteiger partial charge in [0.15, 0.2) is 5.96 Å². The van der Waals surface area contributed by atoms with E-state index < -0.39 is 0 Å². The number of rotatable bonds is 4. The maximum absolute atomic E-state index is 5.78. The van der Waals surface area contributed by atoms with Gasteiger partial charge in [-0.1, -0.05) is 12.1 Å². The molecule has 18 heavy (non-hydrogen) atoms. The van der Waals surface area contributed by atoms with Crippen LogP contribution in [-0.4, -0.2) is 19.1 Å². The molecular formula is C13H20IN3O. The summed E-state index contributed by atoms with van der Waals surface area (Å²) in [7, 11) is 1.67. The van der Waals surface area contributed by atoms with E-state index in [0.29, 0.717) is 18.5 Å². The number of nitrogens with two attached hydrogens (primary N) is 1. The highest BCUT2D eigenvalue weighted by atomic mass is 127. The molecular weight excluding hydrogens is 341 g/mol. The summed E-state index contributed by atoms with van der Waals surface area (Å²) in [4.78, 5) is 4.32. The van der Waals surface area contributed by atoms with Crippen molar-refractivity contribution < 1.29 is 4.74 Å². The molecule has 0 aliphatic heterocycles. The van der Waals surface area contributed by atoms with Gasteiger partial charge in [-0.25, -0.2) is 4.99 Å². The van der Waals surface area contributed by atoms with Crippen molar-refractivity contribution in [1.29, 1.82) is 0 Å². The second-order valence-electron chi connectivity index (χ2n) is 4.44. The van der Waals surface area contributed by atoms with Crippen LogP contribution in [0.3, 0.4) is 0 Å². The number of ether oxygens (including phenoxy) is 1. The fourth-order valence-electron chi connectivity index (χ4n) is 1.64. The molecule has 1 aromatic carbocycles. The maximum Gasteiger partial charge on any atom is 0.189 e. The van der Waals surface area contributed by atoms with Gasteiger partial charge in [0.25, 0.3) is 0 Å². The van der Waals surface area contributed by atoms with Crippen molar-refractivity contribution in [3.05, 3.63) is 29.3 Å². The molecule has 4 nitrogen and oxygen atoms in total. The third-order valence-corrected chi connectivity index (χ3v) is 2.79. The van der Waals surface area contributed by atoms with Crippen molar-refractivity contribution in [3.8, 4) is 5.75 Å². The number of hydrogen-bond donors (Lipinski definition) is 2. The van der Waals surface area contributed by atoms with E-state index in [1.54, 1.807) is 7.11 Å². The van der Waals surface area contributed by atoms with Gasteiger partial charge in [0.1, 0.15) is 5.75 Å². The number of methoxy groups -OCH3 is 1. The number of guanidine groups is 1. The molecule has 0 unspecified atom stereocenters. The zero-order valence-electron chi connectivity index (χ0n) is 10.8. The largest absolute Gasteiger partial charge is 0.496 e. The van der Waals surface area contributed by atoms with Gasteiger partial charge in [0.2, 0.25) is 0 Å². The van der Waals surface area contributed by atoms with Gasteiger partial charge in [0, 0.05) is 11.6 Å². The minimum absolute atomic E-state index is 0. The van der Waals surface area contributed by atoms with E-state index in [4.69, 9.17) is 10.5 Å². The quantitative estimate of drug-likeness (QED) is 0.491. The molecule has 0 spiro atoms. The van der Waals surface area contributed by atoms with Gasteiger partial charge in [-0.15, -0.1) is 24.0 Å². The average molecular weight is 361 g/mol. The molecule has 0 heterocycles. The second-order valence-corrected chi connectivity index (χ2v) is 4.44. The van der Waals surface area contributed by atoms with Crippen LogP contribution in [0.4, 0.5) is 0 Å². The van der Waals surface area contributed by atoms with Crippen molar-refractivity contribution in [1.82, 2.24) is 5.32 Å². The zero-order valence-corrected chi connectivity index (χ0v) is 13.1. The normalized spacial score (nSPS) is 14.9. The Morgan fingerprint density at radius 3 is 2.83 bits per heavy atom. The number of nitrogens with one attached hydrogen (secondary N) is 1. The number of aryl methyl sites for hydroxylation is 1. The Bertz CT molecular complexity index is 430. The topological polar surface area (TPSA) is 59.6 Å². The van der Waals surface area contributed by atoms with Gasteiger partial charge in [-0.05, 0) is 31.4 Å². The lowest BCUT2D eigenvalue weighted by atomic mass is 10.1. The average Bonchev–Trinajstić information content (AvgIpc) is 3.11. The molecule has 1 aliphatic carbocycles. The minimum Gasteiger partial charge on any atom is -0.496 e. The Kier molecular flexibility index (Phi) is 5.71. The van der Waals surface area contributed by atoms with Crippen molar-refractivity contribution in [3.63, 3.8) is 0 Å².